The minimum atomic E-state index is 0.376. The highest BCUT2D eigenvalue weighted by Gasteiger charge is 2.22. The van der Waals surface area contributed by atoms with Gasteiger partial charge in [0.15, 0.2) is 0 Å². The maximum atomic E-state index is 2.45. The van der Waals surface area contributed by atoms with Crippen LogP contribution in [0.4, 0.5) is 0 Å². The van der Waals surface area contributed by atoms with Gasteiger partial charge in [0.2, 0.25) is 0 Å². The van der Waals surface area contributed by atoms with Crippen LogP contribution in [0.1, 0.15) is 5.56 Å². The minimum absolute atomic E-state index is 0.376. The molecule has 0 aliphatic heterocycles. The van der Waals surface area contributed by atoms with Gasteiger partial charge in [-0.05, 0) is 161 Å². The molecule has 12 aromatic carbocycles. The summed E-state index contributed by atoms with van der Waals surface area (Å²) in [7, 11) is 0. The fraction of sp³-hybridized carbons (Fsp3) is 0.0263. The van der Waals surface area contributed by atoms with Crippen LogP contribution in [-0.2, 0) is 0 Å². The quantitative estimate of drug-likeness (QED) is 0.141. The van der Waals surface area contributed by atoms with Crippen LogP contribution >= 0.6 is 0 Å². The Morgan fingerprint density at radius 2 is 0.679 bits per heavy atom. The van der Waals surface area contributed by atoms with Crippen molar-refractivity contribution in [1.29, 1.82) is 0 Å². The summed E-state index contributed by atoms with van der Waals surface area (Å²) in [5, 5.41) is 12.5. The Hall–Kier alpha value is -10.0. The SMILES string of the molecule is C1=CC2C=CC(c3ccc4c(c3)c3cc(-c5ccc6ccccc6c5)ccc3n4-c3ccc(-c4ccc5c(c4)c4ccccc4n5-c4ccc(-c5c6ccccc6c(-c6ccccc6)c6ccccc56)cc4)cc3)=CC2C=C1. The van der Waals surface area contributed by atoms with E-state index in [2.05, 4.69) is 300 Å². The first-order valence-corrected chi connectivity index (χ1v) is 27.2. The van der Waals surface area contributed by atoms with Crippen LogP contribution in [0.3, 0.4) is 0 Å². The summed E-state index contributed by atoms with van der Waals surface area (Å²) in [6.45, 7) is 0. The Morgan fingerprint density at radius 1 is 0.256 bits per heavy atom. The van der Waals surface area contributed by atoms with Crippen LogP contribution in [0.2, 0.25) is 0 Å². The van der Waals surface area contributed by atoms with Crippen LogP contribution in [0.25, 0.3) is 137 Å². The molecule has 2 heterocycles. The number of rotatable bonds is 7. The molecular formula is C76H50N2. The molecule has 0 bridgehead atoms. The number of benzene rings is 12. The summed E-state index contributed by atoms with van der Waals surface area (Å²) in [4.78, 5) is 0. The van der Waals surface area contributed by atoms with Gasteiger partial charge in [0.1, 0.15) is 0 Å². The van der Waals surface area contributed by atoms with E-state index in [1.807, 2.05) is 0 Å². The molecule has 2 aliphatic rings. The standard InChI is InChI=1S/C76H50N2/c1-2-16-52(17-3-1)75-64-21-8-10-23-66(64)76(67-24-11-9-22-65(67)75)53-32-39-62(40-33-53)77-71-25-13-12-20-63(71)68-46-58(34-41-72(68)77)51-30-37-61(38-31-51)78-73-42-35-59(56-28-26-49-14-4-6-18-54(49)44-56)47-69(73)70-48-60(36-43-74(70)78)57-29-27-50-15-5-7-19-55(50)45-57/h1-49,54H. The minimum Gasteiger partial charge on any atom is -0.309 e. The fourth-order valence-corrected chi connectivity index (χ4v) is 13.1. The van der Waals surface area contributed by atoms with Crippen molar-refractivity contribution in [1.82, 2.24) is 9.13 Å². The van der Waals surface area contributed by atoms with E-state index < -0.39 is 0 Å². The lowest BCUT2D eigenvalue weighted by molar-refractivity contribution is 0.663. The lowest BCUT2D eigenvalue weighted by atomic mass is 9.81. The summed E-state index contributed by atoms with van der Waals surface area (Å²) >= 11 is 0. The first-order chi connectivity index (χ1) is 38.7. The largest absolute Gasteiger partial charge is 0.309 e. The highest BCUT2D eigenvalue weighted by Crippen LogP contribution is 2.45. The van der Waals surface area contributed by atoms with Crippen LogP contribution in [0.5, 0.6) is 0 Å². The maximum absolute atomic E-state index is 2.45. The van der Waals surface area contributed by atoms with Crippen molar-refractivity contribution in [3.63, 3.8) is 0 Å². The van der Waals surface area contributed by atoms with E-state index in [9.17, 15) is 0 Å². The van der Waals surface area contributed by atoms with E-state index >= 15 is 0 Å². The Bertz CT molecular complexity index is 4830. The predicted octanol–water partition coefficient (Wildman–Crippen LogP) is 20.3. The average Bonchev–Trinajstić information content (AvgIpc) is 4.14. The molecule has 0 fully saturated rings. The van der Waals surface area contributed by atoms with Crippen molar-refractivity contribution in [3.05, 3.63) is 297 Å². The van der Waals surface area contributed by atoms with Crippen molar-refractivity contribution >= 4 is 81.5 Å². The number of hydrogen-bond donors (Lipinski definition) is 0. The molecule has 2 heteroatoms. The number of fused-ring (bicyclic) bond motifs is 10. The van der Waals surface area contributed by atoms with Crippen molar-refractivity contribution in [2.24, 2.45) is 11.8 Å². The smallest absolute Gasteiger partial charge is 0.0541 e. The molecule has 2 unspecified atom stereocenters. The average molecular weight is 991 g/mol. The molecule has 2 atom stereocenters. The summed E-state index contributed by atoms with van der Waals surface area (Å²) in [5.41, 5.74) is 19.4. The van der Waals surface area contributed by atoms with Crippen LogP contribution < -0.4 is 0 Å². The van der Waals surface area contributed by atoms with Crippen LogP contribution in [-0.4, -0.2) is 9.13 Å². The monoisotopic (exact) mass is 990 g/mol. The van der Waals surface area contributed by atoms with Gasteiger partial charge in [-0.1, -0.05) is 218 Å². The fourth-order valence-electron chi connectivity index (χ4n) is 13.1. The maximum Gasteiger partial charge on any atom is 0.0541 e. The van der Waals surface area contributed by atoms with Gasteiger partial charge < -0.3 is 9.13 Å². The second-order valence-corrected chi connectivity index (χ2v) is 21.2. The summed E-state index contributed by atoms with van der Waals surface area (Å²) in [6.07, 6.45) is 16.1. The van der Waals surface area contributed by atoms with E-state index in [1.165, 1.54) is 132 Å². The Balaban J connectivity index is 0.773. The van der Waals surface area contributed by atoms with Gasteiger partial charge in [-0.2, -0.15) is 0 Å². The number of aromatic nitrogens is 2. The highest BCUT2D eigenvalue weighted by molar-refractivity contribution is 6.21. The van der Waals surface area contributed by atoms with Gasteiger partial charge in [-0.3, -0.25) is 0 Å². The molecule has 2 aromatic heterocycles. The number of allylic oxidation sites excluding steroid dienone is 8. The molecule has 0 amide bonds. The summed E-state index contributed by atoms with van der Waals surface area (Å²) in [6, 6.07) is 92.4. The van der Waals surface area contributed by atoms with Crippen LogP contribution in [0.15, 0.2) is 291 Å². The van der Waals surface area contributed by atoms with E-state index in [-0.39, 0.29) is 0 Å². The summed E-state index contributed by atoms with van der Waals surface area (Å²) < 4.78 is 4.88. The van der Waals surface area contributed by atoms with E-state index in [0.29, 0.717) is 11.8 Å². The molecule has 0 spiro atoms. The normalized spacial score (nSPS) is 15.1. The number of nitrogens with zero attached hydrogens (tertiary/aromatic N) is 2. The van der Waals surface area contributed by atoms with Crippen LogP contribution in [0, 0.1) is 11.8 Å². The zero-order valence-electron chi connectivity index (χ0n) is 42.8. The summed E-state index contributed by atoms with van der Waals surface area (Å²) in [5.74, 6) is 0.794. The molecule has 14 aromatic rings. The van der Waals surface area contributed by atoms with E-state index in [1.54, 1.807) is 0 Å². The Kier molecular flexibility index (Phi) is 10.1. The lowest BCUT2D eigenvalue weighted by Crippen LogP contribution is -2.11. The third kappa shape index (κ3) is 7.11. The van der Waals surface area contributed by atoms with Crippen molar-refractivity contribution in [3.8, 4) is 55.9 Å². The van der Waals surface area contributed by atoms with Crippen molar-refractivity contribution < 1.29 is 0 Å². The second-order valence-electron chi connectivity index (χ2n) is 21.2. The first kappa shape index (κ1) is 44.3. The zero-order chi connectivity index (χ0) is 51.3. The topological polar surface area (TPSA) is 9.86 Å². The van der Waals surface area contributed by atoms with Crippen molar-refractivity contribution in [2.45, 2.75) is 0 Å². The molecule has 2 aliphatic carbocycles. The van der Waals surface area contributed by atoms with Gasteiger partial charge in [-0.15, -0.1) is 0 Å². The second kappa shape index (κ2) is 17.8. The number of para-hydroxylation sites is 1. The molecule has 0 radical (unpaired) electrons. The van der Waals surface area contributed by atoms with Gasteiger partial charge in [-0.25, -0.2) is 0 Å². The first-order valence-electron chi connectivity index (χ1n) is 27.2. The van der Waals surface area contributed by atoms with Gasteiger partial charge in [0, 0.05) is 44.8 Å². The lowest BCUT2D eigenvalue weighted by Gasteiger charge is -2.23. The molecule has 0 saturated carbocycles. The molecule has 16 rings (SSSR count). The van der Waals surface area contributed by atoms with Gasteiger partial charge in [0.25, 0.3) is 0 Å². The Morgan fingerprint density at radius 3 is 1.31 bits per heavy atom. The zero-order valence-corrected chi connectivity index (χ0v) is 42.8. The third-order valence-electron chi connectivity index (χ3n) is 16.8. The Labute approximate surface area is 452 Å². The van der Waals surface area contributed by atoms with E-state index in [4.69, 9.17) is 0 Å². The molecule has 0 N–H and O–H groups in total. The molecule has 2 nitrogen and oxygen atoms in total. The predicted molar refractivity (Wildman–Crippen MR) is 332 cm³/mol. The number of hydrogen-bond acceptors (Lipinski definition) is 0. The molecular weight excluding hydrogens is 941 g/mol. The highest BCUT2D eigenvalue weighted by atomic mass is 15.0. The molecule has 78 heavy (non-hydrogen) atoms. The molecule has 0 saturated heterocycles. The van der Waals surface area contributed by atoms with Gasteiger partial charge >= 0.3 is 0 Å². The molecule has 364 valence electrons. The van der Waals surface area contributed by atoms with Crippen molar-refractivity contribution in [2.75, 3.05) is 0 Å². The third-order valence-corrected chi connectivity index (χ3v) is 16.8. The van der Waals surface area contributed by atoms with Gasteiger partial charge in [0.05, 0.1) is 22.1 Å². The van der Waals surface area contributed by atoms with E-state index in [0.717, 1.165) is 11.4 Å².